The number of pyridine rings is 1. The lowest BCUT2D eigenvalue weighted by atomic mass is 10.1. The fraction of sp³-hybridized carbons (Fsp3) is 0.250. The summed E-state index contributed by atoms with van der Waals surface area (Å²) in [7, 11) is 0. The molecule has 0 aliphatic heterocycles. The lowest BCUT2D eigenvalue weighted by Gasteiger charge is -2.09. The number of halogens is 1. The molecule has 0 unspecified atom stereocenters. The highest BCUT2D eigenvalue weighted by molar-refractivity contribution is 9.10. The second kappa shape index (κ2) is 5.41. The van der Waals surface area contributed by atoms with Crippen molar-refractivity contribution in [3.8, 4) is 11.5 Å². The lowest BCUT2D eigenvalue weighted by molar-refractivity contribution is 0.816. The second-order valence-corrected chi connectivity index (χ2v) is 5.08. The first kappa shape index (κ1) is 12.9. The van der Waals surface area contributed by atoms with Crippen molar-refractivity contribution in [3.63, 3.8) is 0 Å². The normalized spacial score (nSPS) is 10.7. The van der Waals surface area contributed by atoms with Crippen LogP contribution >= 0.6 is 15.9 Å². The molecule has 6 heteroatoms. The minimum atomic E-state index is 0.300. The van der Waals surface area contributed by atoms with Gasteiger partial charge in [-0.25, -0.2) is 15.8 Å². The van der Waals surface area contributed by atoms with E-state index in [9.17, 15) is 0 Å². The van der Waals surface area contributed by atoms with Crippen LogP contribution in [0.3, 0.4) is 0 Å². The van der Waals surface area contributed by atoms with Crippen LogP contribution in [0, 0.1) is 0 Å². The van der Waals surface area contributed by atoms with Gasteiger partial charge in [-0.2, -0.15) is 0 Å². The summed E-state index contributed by atoms with van der Waals surface area (Å²) in [6.45, 7) is 4.14. The number of rotatable bonds is 3. The molecule has 0 aromatic carbocycles. The first-order chi connectivity index (χ1) is 8.60. The van der Waals surface area contributed by atoms with E-state index in [1.807, 2.05) is 18.2 Å². The van der Waals surface area contributed by atoms with Gasteiger partial charge in [-0.15, -0.1) is 0 Å². The van der Waals surface area contributed by atoms with Crippen LogP contribution in [0.4, 0.5) is 5.82 Å². The molecule has 0 aliphatic carbocycles. The van der Waals surface area contributed by atoms with Crippen LogP contribution < -0.4 is 11.3 Å². The van der Waals surface area contributed by atoms with Crippen molar-refractivity contribution in [3.05, 3.63) is 34.6 Å². The monoisotopic (exact) mass is 307 g/mol. The Bertz CT molecular complexity index is 539. The Morgan fingerprint density at radius 1 is 1.28 bits per heavy atom. The van der Waals surface area contributed by atoms with E-state index in [1.54, 1.807) is 6.20 Å². The molecule has 5 nitrogen and oxygen atoms in total. The van der Waals surface area contributed by atoms with E-state index in [0.29, 0.717) is 17.6 Å². The van der Waals surface area contributed by atoms with E-state index < -0.39 is 0 Å². The largest absolute Gasteiger partial charge is 0.308 e. The predicted molar refractivity (Wildman–Crippen MR) is 74.9 cm³/mol. The molecule has 0 saturated heterocycles. The van der Waals surface area contributed by atoms with Crippen LogP contribution in [-0.4, -0.2) is 15.0 Å². The summed E-state index contributed by atoms with van der Waals surface area (Å²) in [6.07, 6.45) is 1.72. The number of nitrogens with two attached hydrogens (primary N) is 1. The molecule has 2 aromatic rings. The van der Waals surface area contributed by atoms with Gasteiger partial charge in [0.15, 0.2) is 5.82 Å². The van der Waals surface area contributed by atoms with Crippen molar-refractivity contribution >= 4 is 21.7 Å². The Hall–Kier alpha value is -1.53. The van der Waals surface area contributed by atoms with Crippen LogP contribution in [-0.2, 0) is 0 Å². The van der Waals surface area contributed by atoms with Gasteiger partial charge in [-0.05, 0) is 34.0 Å². The molecule has 0 bridgehead atoms. The van der Waals surface area contributed by atoms with Crippen LogP contribution in [0.25, 0.3) is 11.5 Å². The first-order valence-corrected chi connectivity index (χ1v) is 6.37. The Labute approximate surface area is 114 Å². The maximum Gasteiger partial charge on any atom is 0.180 e. The number of hydrogen-bond acceptors (Lipinski definition) is 5. The predicted octanol–water partition coefficient (Wildman–Crippen LogP) is 2.71. The fourth-order valence-corrected chi connectivity index (χ4v) is 1.69. The SMILES string of the molecule is CC(C)c1cc(NN)nc(-c2ccc(Br)cn2)n1. The number of hydrogen-bond donors (Lipinski definition) is 2. The highest BCUT2D eigenvalue weighted by Crippen LogP contribution is 2.21. The molecule has 0 fully saturated rings. The molecule has 2 heterocycles. The zero-order chi connectivity index (χ0) is 13.1. The molecule has 0 atom stereocenters. The highest BCUT2D eigenvalue weighted by Gasteiger charge is 2.09. The van der Waals surface area contributed by atoms with Gasteiger partial charge in [0.2, 0.25) is 0 Å². The summed E-state index contributed by atoms with van der Waals surface area (Å²) in [5.41, 5.74) is 4.20. The topological polar surface area (TPSA) is 76.7 Å². The molecule has 18 heavy (non-hydrogen) atoms. The van der Waals surface area contributed by atoms with Crippen molar-refractivity contribution in [2.45, 2.75) is 19.8 Å². The van der Waals surface area contributed by atoms with E-state index in [2.05, 4.69) is 50.2 Å². The minimum absolute atomic E-state index is 0.300. The summed E-state index contributed by atoms with van der Waals surface area (Å²) in [4.78, 5) is 13.1. The van der Waals surface area contributed by atoms with Crippen molar-refractivity contribution in [1.29, 1.82) is 0 Å². The van der Waals surface area contributed by atoms with Gasteiger partial charge in [-0.1, -0.05) is 13.8 Å². The van der Waals surface area contributed by atoms with Crippen molar-refractivity contribution in [2.24, 2.45) is 5.84 Å². The van der Waals surface area contributed by atoms with Crippen molar-refractivity contribution in [2.75, 3.05) is 5.43 Å². The average molecular weight is 308 g/mol. The van der Waals surface area contributed by atoms with Crippen molar-refractivity contribution in [1.82, 2.24) is 15.0 Å². The molecule has 0 radical (unpaired) electrons. The molecule has 94 valence electrons. The van der Waals surface area contributed by atoms with Crippen molar-refractivity contribution < 1.29 is 0 Å². The number of aromatic nitrogens is 3. The molecular formula is C12H14BrN5. The van der Waals surface area contributed by atoms with E-state index in [1.165, 1.54) is 0 Å². The lowest BCUT2D eigenvalue weighted by Crippen LogP contribution is -2.11. The molecule has 3 N–H and O–H groups in total. The second-order valence-electron chi connectivity index (χ2n) is 4.16. The van der Waals surface area contributed by atoms with Gasteiger partial charge in [-0.3, -0.25) is 4.98 Å². The van der Waals surface area contributed by atoms with E-state index in [-0.39, 0.29) is 0 Å². The third kappa shape index (κ3) is 2.83. The van der Waals surface area contributed by atoms with Gasteiger partial charge < -0.3 is 5.43 Å². The van der Waals surface area contributed by atoms with Crippen LogP contribution in [0.2, 0.25) is 0 Å². The van der Waals surface area contributed by atoms with E-state index in [4.69, 9.17) is 5.84 Å². The van der Waals surface area contributed by atoms with Crippen LogP contribution in [0.1, 0.15) is 25.5 Å². The zero-order valence-corrected chi connectivity index (χ0v) is 11.8. The molecule has 2 rings (SSSR count). The molecule has 0 saturated carbocycles. The first-order valence-electron chi connectivity index (χ1n) is 5.57. The van der Waals surface area contributed by atoms with Crippen LogP contribution in [0.5, 0.6) is 0 Å². The third-order valence-corrected chi connectivity index (χ3v) is 2.91. The Kier molecular flexibility index (Phi) is 3.88. The summed E-state index contributed by atoms with van der Waals surface area (Å²) in [5.74, 6) is 6.88. The third-order valence-electron chi connectivity index (χ3n) is 2.44. The molecule has 0 spiro atoms. The number of nitrogen functional groups attached to an aromatic ring is 1. The van der Waals surface area contributed by atoms with Gasteiger partial charge in [0.25, 0.3) is 0 Å². The minimum Gasteiger partial charge on any atom is -0.308 e. The number of hydrazine groups is 1. The summed E-state index contributed by atoms with van der Waals surface area (Å²) < 4.78 is 0.920. The number of nitrogens with one attached hydrogen (secondary N) is 1. The highest BCUT2D eigenvalue weighted by atomic mass is 79.9. The smallest absolute Gasteiger partial charge is 0.180 e. The number of nitrogens with zero attached hydrogens (tertiary/aromatic N) is 3. The molecular weight excluding hydrogens is 294 g/mol. The molecule has 0 aliphatic rings. The summed E-state index contributed by atoms with van der Waals surface area (Å²) >= 11 is 3.35. The average Bonchev–Trinajstić information content (AvgIpc) is 2.39. The summed E-state index contributed by atoms with van der Waals surface area (Å²) in [6, 6.07) is 5.61. The van der Waals surface area contributed by atoms with Gasteiger partial charge >= 0.3 is 0 Å². The number of anilines is 1. The van der Waals surface area contributed by atoms with Gasteiger partial charge in [0.1, 0.15) is 11.5 Å². The standard InChI is InChI=1S/C12H14BrN5/c1-7(2)10-5-11(18-14)17-12(16-10)9-4-3-8(13)6-15-9/h3-7H,14H2,1-2H3,(H,16,17,18). The Morgan fingerprint density at radius 2 is 2.06 bits per heavy atom. The fourth-order valence-electron chi connectivity index (χ4n) is 1.46. The quantitative estimate of drug-likeness (QED) is 0.673. The van der Waals surface area contributed by atoms with Gasteiger partial charge in [0, 0.05) is 22.4 Å². The molecule has 2 aromatic heterocycles. The Morgan fingerprint density at radius 3 is 2.61 bits per heavy atom. The molecule has 0 amide bonds. The van der Waals surface area contributed by atoms with E-state index in [0.717, 1.165) is 15.9 Å². The maximum atomic E-state index is 5.42. The van der Waals surface area contributed by atoms with E-state index >= 15 is 0 Å². The van der Waals surface area contributed by atoms with Gasteiger partial charge in [0.05, 0.1) is 0 Å². The zero-order valence-electron chi connectivity index (χ0n) is 10.2. The maximum absolute atomic E-state index is 5.42. The Balaban J connectivity index is 2.49. The summed E-state index contributed by atoms with van der Waals surface area (Å²) in [5, 5.41) is 0. The van der Waals surface area contributed by atoms with Crippen LogP contribution in [0.15, 0.2) is 28.9 Å².